The van der Waals surface area contributed by atoms with Gasteiger partial charge >= 0.3 is 0 Å². The van der Waals surface area contributed by atoms with Gasteiger partial charge in [0.2, 0.25) is 0 Å². The lowest BCUT2D eigenvalue weighted by atomic mass is 9.87. The Kier molecular flexibility index (Phi) is 2.93. The molecule has 1 aliphatic carbocycles. The molecule has 14 heavy (non-hydrogen) atoms. The smallest absolute Gasteiger partial charge is 0.00835 e. The Morgan fingerprint density at radius 1 is 1.57 bits per heavy atom. The molecule has 0 aromatic carbocycles. The van der Waals surface area contributed by atoms with Crippen LogP contribution in [-0.2, 0) is 6.42 Å². The van der Waals surface area contributed by atoms with E-state index in [4.69, 9.17) is 5.73 Å². The maximum absolute atomic E-state index is 5.81. The van der Waals surface area contributed by atoms with Crippen LogP contribution in [0.1, 0.15) is 53.8 Å². The third-order valence-electron chi connectivity index (χ3n) is 3.11. The number of rotatable bonds is 2. The summed E-state index contributed by atoms with van der Waals surface area (Å²) >= 11 is 2.01. The van der Waals surface area contributed by atoms with Crippen LogP contribution in [0.3, 0.4) is 0 Å². The minimum absolute atomic E-state index is 0.641. The monoisotopic (exact) mass is 209 g/mol. The van der Waals surface area contributed by atoms with Crippen LogP contribution in [0.25, 0.3) is 0 Å². The first kappa shape index (κ1) is 10.2. The van der Waals surface area contributed by atoms with E-state index in [2.05, 4.69) is 19.9 Å². The zero-order valence-corrected chi connectivity index (χ0v) is 9.86. The maximum atomic E-state index is 5.81. The molecule has 0 fully saturated rings. The minimum Gasteiger partial charge on any atom is -0.330 e. The lowest BCUT2D eigenvalue weighted by Gasteiger charge is -2.20. The first-order valence-corrected chi connectivity index (χ1v) is 6.36. The first-order chi connectivity index (χ1) is 6.72. The molecule has 2 heteroatoms. The number of thiophene rings is 1. The van der Waals surface area contributed by atoms with Crippen LogP contribution in [0.5, 0.6) is 0 Å². The van der Waals surface area contributed by atoms with Crippen LogP contribution in [0.4, 0.5) is 0 Å². The van der Waals surface area contributed by atoms with Gasteiger partial charge in [-0.1, -0.05) is 13.8 Å². The second-order valence-electron chi connectivity index (χ2n) is 4.51. The van der Waals surface area contributed by atoms with Crippen LogP contribution in [0.15, 0.2) is 6.07 Å². The first-order valence-electron chi connectivity index (χ1n) is 5.55. The number of fused-ring (bicyclic) bond motifs is 1. The van der Waals surface area contributed by atoms with Crippen LogP contribution >= 0.6 is 11.3 Å². The van der Waals surface area contributed by atoms with E-state index in [1.54, 1.807) is 10.4 Å². The Hall–Kier alpha value is -0.340. The van der Waals surface area contributed by atoms with Gasteiger partial charge in [0.25, 0.3) is 0 Å². The normalized spacial score (nSPS) is 21.3. The summed E-state index contributed by atoms with van der Waals surface area (Å²) in [5, 5.41) is 0. The van der Waals surface area contributed by atoms with Crippen LogP contribution in [0, 0.1) is 0 Å². The summed E-state index contributed by atoms with van der Waals surface area (Å²) in [4.78, 5) is 3.14. The largest absolute Gasteiger partial charge is 0.330 e. The molecule has 78 valence electrons. The van der Waals surface area contributed by atoms with Gasteiger partial charge in [-0.05, 0) is 49.3 Å². The molecule has 0 saturated carbocycles. The summed E-state index contributed by atoms with van der Waals surface area (Å²) in [5.41, 5.74) is 7.37. The van der Waals surface area contributed by atoms with Crippen LogP contribution in [-0.4, -0.2) is 6.54 Å². The molecule has 1 aromatic heterocycles. The molecule has 2 rings (SSSR count). The molecule has 1 heterocycles. The standard InChI is InChI=1S/C12H19NS/c1-8(2)12-6-10-9(7-13)4-3-5-11(10)14-12/h6,8-9H,3-5,7,13H2,1-2H3. The van der Waals surface area contributed by atoms with E-state index in [0.717, 1.165) is 6.54 Å². The third-order valence-corrected chi connectivity index (χ3v) is 4.62. The lowest BCUT2D eigenvalue weighted by molar-refractivity contribution is 0.567. The van der Waals surface area contributed by atoms with Crippen molar-refractivity contribution >= 4 is 11.3 Å². The van der Waals surface area contributed by atoms with Gasteiger partial charge in [-0.2, -0.15) is 0 Å². The van der Waals surface area contributed by atoms with Crippen molar-refractivity contribution in [1.82, 2.24) is 0 Å². The molecule has 0 bridgehead atoms. The van der Waals surface area contributed by atoms with Gasteiger partial charge in [0.1, 0.15) is 0 Å². The zero-order chi connectivity index (χ0) is 10.1. The number of hydrogen-bond acceptors (Lipinski definition) is 2. The van der Waals surface area contributed by atoms with Gasteiger partial charge in [-0.15, -0.1) is 11.3 Å². The Morgan fingerprint density at radius 3 is 3.00 bits per heavy atom. The van der Waals surface area contributed by atoms with E-state index in [-0.39, 0.29) is 0 Å². The zero-order valence-electron chi connectivity index (χ0n) is 9.05. The predicted octanol–water partition coefficient (Wildman–Crippen LogP) is 3.25. The minimum atomic E-state index is 0.641. The van der Waals surface area contributed by atoms with Crippen molar-refractivity contribution in [2.24, 2.45) is 5.73 Å². The number of hydrogen-bond donors (Lipinski definition) is 1. The summed E-state index contributed by atoms with van der Waals surface area (Å²) in [6, 6.07) is 2.40. The lowest BCUT2D eigenvalue weighted by Crippen LogP contribution is -2.16. The predicted molar refractivity (Wildman–Crippen MR) is 63.1 cm³/mol. The molecule has 0 radical (unpaired) electrons. The fourth-order valence-corrected chi connectivity index (χ4v) is 3.50. The topological polar surface area (TPSA) is 26.0 Å². The van der Waals surface area contributed by atoms with Crippen molar-refractivity contribution in [1.29, 1.82) is 0 Å². The van der Waals surface area contributed by atoms with E-state index in [0.29, 0.717) is 11.8 Å². The molecule has 0 saturated heterocycles. The third kappa shape index (κ3) is 1.73. The van der Waals surface area contributed by atoms with Crippen molar-refractivity contribution in [2.75, 3.05) is 6.54 Å². The van der Waals surface area contributed by atoms with E-state index in [9.17, 15) is 0 Å². The van der Waals surface area contributed by atoms with Crippen molar-refractivity contribution in [3.63, 3.8) is 0 Å². The van der Waals surface area contributed by atoms with Gasteiger partial charge < -0.3 is 5.73 Å². The second kappa shape index (κ2) is 4.03. The molecule has 1 nitrogen and oxygen atoms in total. The summed E-state index contributed by atoms with van der Waals surface area (Å²) in [6.07, 6.45) is 3.90. The SMILES string of the molecule is CC(C)c1cc2c(s1)CCCC2CN. The highest BCUT2D eigenvalue weighted by Crippen LogP contribution is 2.38. The van der Waals surface area contributed by atoms with Crippen LogP contribution < -0.4 is 5.73 Å². The fourth-order valence-electron chi connectivity index (χ4n) is 2.20. The summed E-state index contributed by atoms with van der Waals surface area (Å²) < 4.78 is 0. The molecule has 0 amide bonds. The fraction of sp³-hybridized carbons (Fsp3) is 0.667. The molecule has 0 spiro atoms. The molecule has 0 aliphatic heterocycles. The van der Waals surface area contributed by atoms with Gasteiger partial charge in [0, 0.05) is 9.75 Å². The molecule has 2 N–H and O–H groups in total. The molecule has 1 atom stereocenters. The summed E-state index contributed by atoms with van der Waals surface area (Å²) in [5.74, 6) is 1.31. The molecular weight excluding hydrogens is 190 g/mol. The van der Waals surface area contributed by atoms with Gasteiger partial charge in [-0.3, -0.25) is 0 Å². The van der Waals surface area contributed by atoms with E-state index in [1.807, 2.05) is 11.3 Å². The van der Waals surface area contributed by atoms with E-state index in [1.165, 1.54) is 24.1 Å². The summed E-state index contributed by atoms with van der Waals surface area (Å²) in [6.45, 7) is 5.37. The van der Waals surface area contributed by atoms with Gasteiger partial charge in [0.15, 0.2) is 0 Å². The number of nitrogens with two attached hydrogens (primary N) is 1. The highest BCUT2D eigenvalue weighted by molar-refractivity contribution is 7.12. The highest BCUT2D eigenvalue weighted by atomic mass is 32.1. The Balaban J connectivity index is 2.33. The van der Waals surface area contributed by atoms with Crippen molar-refractivity contribution in [3.8, 4) is 0 Å². The van der Waals surface area contributed by atoms with Crippen molar-refractivity contribution in [2.45, 2.75) is 44.9 Å². The quantitative estimate of drug-likeness (QED) is 0.795. The van der Waals surface area contributed by atoms with Crippen LogP contribution in [0.2, 0.25) is 0 Å². The van der Waals surface area contributed by atoms with Gasteiger partial charge in [-0.25, -0.2) is 0 Å². The van der Waals surface area contributed by atoms with E-state index < -0.39 is 0 Å². The Morgan fingerprint density at radius 2 is 2.36 bits per heavy atom. The summed E-state index contributed by atoms with van der Waals surface area (Å²) in [7, 11) is 0. The van der Waals surface area contributed by atoms with E-state index >= 15 is 0 Å². The molecule has 1 aromatic rings. The molecule has 1 aliphatic rings. The molecular formula is C12H19NS. The Bertz CT molecular complexity index is 314. The maximum Gasteiger partial charge on any atom is 0.00835 e. The second-order valence-corrected chi connectivity index (χ2v) is 5.68. The van der Waals surface area contributed by atoms with Gasteiger partial charge in [0.05, 0.1) is 0 Å². The van der Waals surface area contributed by atoms with Crippen molar-refractivity contribution < 1.29 is 0 Å². The average molecular weight is 209 g/mol. The highest BCUT2D eigenvalue weighted by Gasteiger charge is 2.22. The molecule has 1 unspecified atom stereocenters. The van der Waals surface area contributed by atoms with Crippen molar-refractivity contribution in [3.05, 3.63) is 21.4 Å². The average Bonchev–Trinajstić information content (AvgIpc) is 2.60. The number of aryl methyl sites for hydroxylation is 1. The Labute approximate surface area is 90.3 Å².